The fourth-order valence-corrected chi connectivity index (χ4v) is 2.82. The molecule has 110 valence electrons. The van der Waals surface area contributed by atoms with Crippen molar-refractivity contribution in [3.63, 3.8) is 0 Å². The molecule has 1 saturated heterocycles. The van der Waals surface area contributed by atoms with Crippen molar-refractivity contribution in [3.05, 3.63) is 35.9 Å². The van der Waals surface area contributed by atoms with E-state index in [4.69, 9.17) is 27.7 Å². The lowest BCUT2D eigenvalue weighted by atomic mass is 9.94. The van der Waals surface area contributed by atoms with E-state index in [-0.39, 0.29) is 11.6 Å². The van der Waals surface area contributed by atoms with Crippen LogP contribution in [0, 0.1) is 0 Å². The average molecular weight is 301 g/mol. The third-order valence-corrected chi connectivity index (χ3v) is 4.50. The van der Waals surface area contributed by atoms with E-state index in [1.165, 1.54) is 0 Å². The lowest BCUT2D eigenvalue weighted by molar-refractivity contribution is 0.105. The highest BCUT2D eigenvalue weighted by Gasteiger charge is 2.37. The number of nitrogens with two attached hydrogens (primary N) is 1. The summed E-state index contributed by atoms with van der Waals surface area (Å²) in [7, 11) is 0. The Labute approximate surface area is 129 Å². The highest BCUT2D eigenvalue weighted by atomic mass is 32.1. The summed E-state index contributed by atoms with van der Waals surface area (Å²) in [6.45, 7) is 4.97. The molecule has 1 aromatic heterocycles. The largest absolute Gasteiger partial charge is 0.389 e. The van der Waals surface area contributed by atoms with Gasteiger partial charge in [0.15, 0.2) is 0 Å². The molecule has 1 fully saturated rings. The number of anilines is 1. The molecule has 4 nitrogen and oxygen atoms in total. The van der Waals surface area contributed by atoms with Crippen LogP contribution in [0.2, 0.25) is 0 Å². The van der Waals surface area contributed by atoms with Crippen molar-refractivity contribution < 1.29 is 4.74 Å². The standard InChI is InChI=1S/C16H19N3OS/c1-10-16(2,7-8-20-10)19-15-12(14(17)21)9-11-5-3-4-6-13(11)18-15/h3-6,9-10H,7-8H2,1-2H3,(H2,17,21)(H,18,19). The Morgan fingerprint density at radius 2 is 2.24 bits per heavy atom. The molecule has 0 bridgehead atoms. The van der Waals surface area contributed by atoms with E-state index in [1.807, 2.05) is 30.3 Å². The monoisotopic (exact) mass is 301 g/mol. The van der Waals surface area contributed by atoms with E-state index in [2.05, 4.69) is 19.2 Å². The van der Waals surface area contributed by atoms with Gasteiger partial charge in [0.1, 0.15) is 10.8 Å². The van der Waals surface area contributed by atoms with Crippen LogP contribution >= 0.6 is 12.2 Å². The number of hydrogen-bond donors (Lipinski definition) is 2. The summed E-state index contributed by atoms with van der Waals surface area (Å²) in [6.07, 6.45) is 1.05. The molecule has 2 atom stereocenters. The van der Waals surface area contributed by atoms with Crippen LogP contribution < -0.4 is 11.1 Å². The predicted molar refractivity (Wildman–Crippen MR) is 89.7 cm³/mol. The molecule has 0 aliphatic carbocycles. The van der Waals surface area contributed by atoms with Crippen LogP contribution in [-0.4, -0.2) is 28.2 Å². The number of fused-ring (bicyclic) bond motifs is 1. The first-order valence-electron chi connectivity index (χ1n) is 7.09. The first-order chi connectivity index (χ1) is 9.99. The van der Waals surface area contributed by atoms with Crippen molar-refractivity contribution >= 4 is 33.9 Å². The molecule has 0 spiro atoms. The quantitative estimate of drug-likeness (QED) is 0.854. The van der Waals surface area contributed by atoms with Crippen molar-refractivity contribution in [2.75, 3.05) is 11.9 Å². The third-order valence-electron chi connectivity index (χ3n) is 4.28. The number of hydrogen-bond acceptors (Lipinski definition) is 4. The molecule has 3 rings (SSSR count). The van der Waals surface area contributed by atoms with E-state index in [9.17, 15) is 0 Å². The number of para-hydroxylation sites is 1. The van der Waals surface area contributed by atoms with Gasteiger partial charge in [-0.05, 0) is 32.4 Å². The van der Waals surface area contributed by atoms with Gasteiger partial charge in [-0.3, -0.25) is 0 Å². The number of thiocarbonyl (C=S) groups is 1. The topological polar surface area (TPSA) is 60.2 Å². The van der Waals surface area contributed by atoms with Crippen LogP contribution in [0.3, 0.4) is 0 Å². The SMILES string of the molecule is CC1OCCC1(C)Nc1nc2ccccc2cc1C(N)=S. The van der Waals surface area contributed by atoms with E-state index in [0.29, 0.717) is 4.99 Å². The average Bonchev–Trinajstić information content (AvgIpc) is 2.77. The molecular weight excluding hydrogens is 282 g/mol. The molecule has 21 heavy (non-hydrogen) atoms. The molecule has 0 radical (unpaired) electrons. The molecule has 0 amide bonds. The van der Waals surface area contributed by atoms with Crippen molar-refractivity contribution in [3.8, 4) is 0 Å². The van der Waals surface area contributed by atoms with E-state index in [1.54, 1.807) is 0 Å². The van der Waals surface area contributed by atoms with Gasteiger partial charge < -0.3 is 15.8 Å². The lowest BCUT2D eigenvalue weighted by Gasteiger charge is -2.30. The second kappa shape index (κ2) is 5.24. The van der Waals surface area contributed by atoms with Crippen molar-refractivity contribution in [1.29, 1.82) is 0 Å². The molecule has 2 unspecified atom stereocenters. The summed E-state index contributed by atoms with van der Waals surface area (Å²) in [5, 5.41) is 4.54. The maximum atomic E-state index is 5.88. The summed E-state index contributed by atoms with van der Waals surface area (Å²) in [5.41, 5.74) is 7.43. The van der Waals surface area contributed by atoms with Gasteiger partial charge in [0.05, 0.1) is 22.7 Å². The second-order valence-corrected chi connectivity index (χ2v) is 6.19. The van der Waals surface area contributed by atoms with Gasteiger partial charge in [-0.2, -0.15) is 0 Å². The maximum absolute atomic E-state index is 5.88. The molecule has 1 aliphatic heterocycles. The van der Waals surface area contributed by atoms with E-state index in [0.717, 1.165) is 35.3 Å². The highest BCUT2D eigenvalue weighted by Crippen LogP contribution is 2.31. The number of pyridine rings is 1. The van der Waals surface area contributed by atoms with Gasteiger partial charge in [0.25, 0.3) is 0 Å². The summed E-state index contributed by atoms with van der Waals surface area (Å²) < 4.78 is 5.67. The molecule has 3 N–H and O–H groups in total. The molecular formula is C16H19N3OS. The molecule has 0 saturated carbocycles. The second-order valence-electron chi connectivity index (χ2n) is 5.75. The van der Waals surface area contributed by atoms with Gasteiger partial charge in [-0.1, -0.05) is 30.4 Å². The minimum absolute atomic E-state index is 0.116. The van der Waals surface area contributed by atoms with E-state index < -0.39 is 0 Å². The zero-order chi connectivity index (χ0) is 15.0. The fourth-order valence-electron chi connectivity index (χ4n) is 2.67. The van der Waals surface area contributed by atoms with Crippen molar-refractivity contribution in [1.82, 2.24) is 4.98 Å². The number of benzene rings is 1. The van der Waals surface area contributed by atoms with Crippen LogP contribution in [0.15, 0.2) is 30.3 Å². The van der Waals surface area contributed by atoms with Crippen molar-refractivity contribution in [2.45, 2.75) is 31.9 Å². The van der Waals surface area contributed by atoms with Gasteiger partial charge >= 0.3 is 0 Å². The Balaban J connectivity index is 2.07. The summed E-state index contributed by atoms with van der Waals surface area (Å²) in [4.78, 5) is 5.06. The molecule has 2 aromatic rings. The normalized spacial score (nSPS) is 25.1. The minimum atomic E-state index is -0.158. The fraction of sp³-hybridized carbons (Fsp3) is 0.375. The van der Waals surface area contributed by atoms with Gasteiger partial charge in [-0.25, -0.2) is 4.98 Å². The van der Waals surface area contributed by atoms with Gasteiger partial charge in [0, 0.05) is 12.0 Å². The first-order valence-corrected chi connectivity index (χ1v) is 7.50. The Hall–Kier alpha value is -1.72. The zero-order valence-corrected chi connectivity index (χ0v) is 13.0. The Morgan fingerprint density at radius 1 is 1.48 bits per heavy atom. The molecule has 2 heterocycles. The molecule has 1 aliphatic rings. The predicted octanol–water partition coefficient (Wildman–Crippen LogP) is 2.85. The zero-order valence-electron chi connectivity index (χ0n) is 12.2. The Kier molecular flexibility index (Phi) is 3.55. The first kappa shape index (κ1) is 14.2. The summed E-state index contributed by atoms with van der Waals surface area (Å²) in [6, 6.07) is 9.95. The Bertz CT molecular complexity index is 703. The smallest absolute Gasteiger partial charge is 0.137 e. The highest BCUT2D eigenvalue weighted by molar-refractivity contribution is 7.80. The van der Waals surface area contributed by atoms with Gasteiger partial charge in [-0.15, -0.1) is 0 Å². The van der Waals surface area contributed by atoms with Crippen LogP contribution in [0.1, 0.15) is 25.8 Å². The number of aromatic nitrogens is 1. The minimum Gasteiger partial charge on any atom is -0.389 e. The van der Waals surface area contributed by atoms with Crippen molar-refractivity contribution in [2.24, 2.45) is 5.73 Å². The maximum Gasteiger partial charge on any atom is 0.137 e. The van der Waals surface area contributed by atoms with Crippen LogP contribution in [-0.2, 0) is 4.74 Å². The number of nitrogens with one attached hydrogen (secondary N) is 1. The summed E-state index contributed by atoms with van der Waals surface area (Å²) >= 11 is 5.19. The third kappa shape index (κ3) is 2.59. The lowest BCUT2D eigenvalue weighted by Crippen LogP contribution is -2.42. The molecule has 5 heteroatoms. The number of ether oxygens (including phenoxy) is 1. The van der Waals surface area contributed by atoms with Crippen LogP contribution in [0.25, 0.3) is 10.9 Å². The number of rotatable bonds is 3. The van der Waals surface area contributed by atoms with Crippen LogP contribution in [0.5, 0.6) is 0 Å². The molecule has 1 aromatic carbocycles. The number of nitrogens with zero attached hydrogens (tertiary/aromatic N) is 1. The van der Waals surface area contributed by atoms with Crippen LogP contribution in [0.4, 0.5) is 5.82 Å². The Morgan fingerprint density at radius 3 is 2.90 bits per heavy atom. The van der Waals surface area contributed by atoms with Gasteiger partial charge in [0.2, 0.25) is 0 Å². The summed E-state index contributed by atoms with van der Waals surface area (Å²) in [5.74, 6) is 0.737. The van der Waals surface area contributed by atoms with E-state index >= 15 is 0 Å².